The summed E-state index contributed by atoms with van der Waals surface area (Å²) in [4.78, 5) is 16.1. The smallest absolute Gasteiger partial charge is 0.220 e. The SMILES string of the molecule is O=C(CCc1nccs1)NCC1NCCc2ccccc21. The third-order valence-electron chi connectivity index (χ3n) is 3.77. The van der Waals surface area contributed by atoms with Gasteiger partial charge in [-0.25, -0.2) is 4.98 Å². The number of nitrogens with zero attached hydrogens (tertiary/aromatic N) is 1. The second-order valence-electron chi connectivity index (χ2n) is 5.19. The largest absolute Gasteiger partial charge is 0.354 e. The minimum absolute atomic E-state index is 0.0926. The number of rotatable bonds is 5. The molecular weight excluding hydrogens is 282 g/mol. The second kappa shape index (κ2) is 6.83. The first-order valence-electron chi connectivity index (χ1n) is 7.29. The summed E-state index contributed by atoms with van der Waals surface area (Å²) in [5.74, 6) is 0.0926. The molecule has 0 spiro atoms. The Labute approximate surface area is 128 Å². The van der Waals surface area contributed by atoms with E-state index in [-0.39, 0.29) is 11.9 Å². The van der Waals surface area contributed by atoms with Crippen LogP contribution in [0.25, 0.3) is 0 Å². The van der Waals surface area contributed by atoms with Crippen molar-refractivity contribution < 1.29 is 4.79 Å². The van der Waals surface area contributed by atoms with Crippen LogP contribution in [-0.4, -0.2) is 24.0 Å². The molecule has 1 amide bonds. The van der Waals surface area contributed by atoms with Crippen molar-refractivity contribution in [2.24, 2.45) is 0 Å². The maximum Gasteiger partial charge on any atom is 0.220 e. The van der Waals surface area contributed by atoms with E-state index in [9.17, 15) is 4.79 Å². The fraction of sp³-hybridized carbons (Fsp3) is 0.375. The molecule has 2 heterocycles. The van der Waals surface area contributed by atoms with Crippen LogP contribution in [0.5, 0.6) is 0 Å². The molecule has 0 aliphatic carbocycles. The van der Waals surface area contributed by atoms with Gasteiger partial charge in [0.1, 0.15) is 0 Å². The number of thiazole rings is 1. The van der Waals surface area contributed by atoms with Crippen LogP contribution in [0.4, 0.5) is 0 Å². The Balaban J connectivity index is 1.50. The minimum atomic E-state index is 0.0926. The first-order valence-corrected chi connectivity index (χ1v) is 8.17. The van der Waals surface area contributed by atoms with Crippen LogP contribution in [0.15, 0.2) is 35.8 Å². The van der Waals surface area contributed by atoms with Gasteiger partial charge in [-0.2, -0.15) is 0 Å². The molecule has 0 fully saturated rings. The predicted octanol–water partition coefficient (Wildman–Crippen LogP) is 2.08. The van der Waals surface area contributed by atoms with Gasteiger partial charge in [0.25, 0.3) is 0 Å². The first-order chi connectivity index (χ1) is 10.3. The Kier molecular flexibility index (Phi) is 4.62. The summed E-state index contributed by atoms with van der Waals surface area (Å²) in [6, 6.07) is 8.68. The second-order valence-corrected chi connectivity index (χ2v) is 6.16. The molecule has 0 saturated heterocycles. The average molecular weight is 301 g/mol. The molecule has 1 aliphatic rings. The van der Waals surface area contributed by atoms with Crippen LogP contribution in [-0.2, 0) is 17.6 Å². The van der Waals surface area contributed by atoms with Crippen molar-refractivity contribution >= 4 is 17.2 Å². The van der Waals surface area contributed by atoms with Gasteiger partial charge >= 0.3 is 0 Å². The Bertz CT molecular complexity index is 597. The Morgan fingerprint density at radius 1 is 1.43 bits per heavy atom. The van der Waals surface area contributed by atoms with Crippen molar-refractivity contribution in [2.75, 3.05) is 13.1 Å². The van der Waals surface area contributed by atoms with Crippen LogP contribution >= 0.6 is 11.3 Å². The number of carbonyl (C=O) groups excluding carboxylic acids is 1. The molecule has 4 nitrogen and oxygen atoms in total. The van der Waals surface area contributed by atoms with E-state index in [4.69, 9.17) is 0 Å². The summed E-state index contributed by atoms with van der Waals surface area (Å²) < 4.78 is 0. The minimum Gasteiger partial charge on any atom is -0.354 e. The number of hydrogen-bond acceptors (Lipinski definition) is 4. The lowest BCUT2D eigenvalue weighted by molar-refractivity contribution is -0.121. The molecule has 1 atom stereocenters. The zero-order valence-corrected chi connectivity index (χ0v) is 12.7. The number of aromatic nitrogens is 1. The van der Waals surface area contributed by atoms with Crippen molar-refractivity contribution in [1.29, 1.82) is 0 Å². The quantitative estimate of drug-likeness (QED) is 0.889. The highest BCUT2D eigenvalue weighted by Crippen LogP contribution is 2.21. The van der Waals surface area contributed by atoms with E-state index in [1.165, 1.54) is 11.1 Å². The molecule has 2 N–H and O–H groups in total. The van der Waals surface area contributed by atoms with E-state index in [0.717, 1.165) is 24.4 Å². The summed E-state index contributed by atoms with van der Waals surface area (Å²) in [6.07, 6.45) is 4.06. The van der Waals surface area contributed by atoms with Gasteiger partial charge in [0.2, 0.25) is 5.91 Å². The number of benzene rings is 1. The number of carbonyl (C=O) groups is 1. The van der Waals surface area contributed by atoms with Crippen molar-refractivity contribution in [3.8, 4) is 0 Å². The molecule has 110 valence electrons. The molecule has 1 aliphatic heterocycles. The summed E-state index contributed by atoms with van der Waals surface area (Å²) in [5, 5.41) is 9.47. The first kappa shape index (κ1) is 14.2. The normalized spacial score (nSPS) is 17.2. The summed E-state index contributed by atoms with van der Waals surface area (Å²) in [6.45, 7) is 1.62. The van der Waals surface area contributed by atoms with Crippen molar-refractivity contribution in [3.63, 3.8) is 0 Å². The van der Waals surface area contributed by atoms with E-state index in [0.29, 0.717) is 13.0 Å². The highest BCUT2D eigenvalue weighted by molar-refractivity contribution is 7.09. The molecule has 3 rings (SSSR count). The molecule has 21 heavy (non-hydrogen) atoms. The standard InChI is InChI=1S/C16H19N3OS/c20-15(5-6-16-18-9-10-21-16)19-11-14-13-4-2-1-3-12(13)7-8-17-14/h1-4,9-10,14,17H,5-8,11H2,(H,19,20). The lowest BCUT2D eigenvalue weighted by atomic mass is 9.94. The number of aryl methyl sites for hydroxylation is 1. The van der Waals surface area contributed by atoms with Crippen LogP contribution < -0.4 is 10.6 Å². The van der Waals surface area contributed by atoms with Gasteiger partial charge in [0.15, 0.2) is 0 Å². The van der Waals surface area contributed by atoms with Crippen LogP contribution in [0.1, 0.15) is 28.6 Å². The summed E-state index contributed by atoms with van der Waals surface area (Å²) >= 11 is 1.60. The molecule has 1 aromatic carbocycles. The van der Waals surface area contributed by atoms with Crippen molar-refractivity contribution in [2.45, 2.75) is 25.3 Å². The van der Waals surface area contributed by atoms with E-state index >= 15 is 0 Å². The van der Waals surface area contributed by atoms with E-state index in [1.807, 2.05) is 5.38 Å². The van der Waals surface area contributed by atoms with Gasteiger partial charge in [-0.1, -0.05) is 24.3 Å². The van der Waals surface area contributed by atoms with Gasteiger partial charge in [-0.3, -0.25) is 4.79 Å². The molecule has 0 radical (unpaired) electrons. The zero-order chi connectivity index (χ0) is 14.5. The molecular formula is C16H19N3OS. The maximum absolute atomic E-state index is 11.9. The summed E-state index contributed by atoms with van der Waals surface area (Å²) in [5.41, 5.74) is 2.70. The molecule has 1 aromatic heterocycles. The van der Waals surface area contributed by atoms with Gasteiger partial charge in [-0.15, -0.1) is 11.3 Å². The van der Waals surface area contributed by atoms with Gasteiger partial charge in [-0.05, 0) is 24.1 Å². The fourth-order valence-electron chi connectivity index (χ4n) is 2.68. The topological polar surface area (TPSA) is 54.0 Å². The van der Waals surface area contributed by atoms with Gasteiger partial charge in [0, 0.05) is 37.0 Å². The zero-order valence-electron chi connectivity index (χ0n) is 11.8. The van der Waals surface area contributed by atoms with E-state index < -0.39 is 0 Å². The van der Waals surface area contributed by atoms with Gasteiger partial charge in [0.05, 0.1) is 5.01 Å². The number of amides is 1. The van der Waals surface area contributed by atoms with Crippen molar-refractivity contribution in [1.82, 2.24) is 15.6 Å². The highest BCUT2D eigenvalue weighted by atomic mass is 32.1. The Morgan fingerprint density at radius 3 is 3.19 bits per heavy atom. The average Bonchev–Trinajstić information content (AvgIpc) is 3.04. The molecule has 1 unspecified atom stereocenters. The molecule has 0 saturated carbocycles. The van der Waals surface area contributed by atoms with E-state index in [1.54, 1.807) is 17.5 Å². The third-order valence-corrected chi connectivity index (χ3v) is 4.61. The number of hydrogen-bond donors (Lipinski definition) is 2. The lowest BCUT2D eigenvalue weighted by Crippen LogP contribution is -2.38. The van der Waals surface area contributed by atoms with Crippen LogP contribution in [0.2, 0.25) is 0 Å². The van der Waals surface area contributed by atoms with Crippen molar-refractivity contribution in [3.05, 3.63) is 52.0 Å². The number of fused-ring (bicyclic) bond motifs is 1. The molecule has 5 heteroatoms. The van der Waals surface area contributed by atoms with Crippen LogP contribution in [0.3, 0.4) is 0 Å². The monoisotopic (exact) mass is 301 g/mol. The Morgan fingerprint density at radius 2 is 2.33 bits per heavy atom. The number of nitrogens with one attached hydrogen (secondary N) is 2. The third kappa shape index (κ3) is 3.68. The fourth-order valence-corrected chi connectivity index (χ4v) is 3.30. The molecule has 0 bridgehead atoms. The Hall–Kier alpha value is -1.72. The molecule has 2 aromatic rings. The van der Waals surface area contributed by atoms with Crippen LogP contribution in [0, 0.1) is 0 Å². The van der Waals surface area contributed by atoms with Gasteiger partial charge < -0.3 is 10.6 Å². The lowest BCUT2D eigenvalue weighted by Gasteiger charge is -2.27. The highest BCUT2D eigenvalue weighted by Gasteiger charge is 2.19. The maximum atomic E-state index is 11.9. The predicted molar refractivity (Wildman–Crippen MR) is 84.3 cm³/mol. The summed E-state index contributed by atoms with van der Waals surface area (Å²) in [7, 11) is 0. The van der Waals surface area contributed by atoms with E-state index in [2.05, 4.69) is 39.9 Å².